The SMILES string of the molecule is Oc1ccc2c(c1)C13CCN(CC4CC4)C(C2)C12CCC1C3[C@@H](CN1c1cc(C(F)(F)F)ccn1)C2. The van der Waals surface area contributed by atoms with Crippen LogP contribution in [-0.2, 0) is 18.0 Å². The van der Waals surface area contributed by atoms with Gasteiger partial charge in [0.15, 0.2) is 0 Å². The number of hydrogen-bond donors (Lipinski definition) is 1. The van der Waals surface area contributed by atoms with E-state index in [-0.39, 0.29) is 16.9 Å². The lowest BCUT2D eigenvalue weighted by Crippen LogP contribution is -2.69. The fourth-order valence-electron chi connectivity index (χ4n) is 9.96. The van der Waals surface area contributed by atoms with Crippen molar-refractivity contribution in [3.05, 3.63) is 53.2 Å². The van der Waals surface area contributed by atoms with Gasteiger partial charge in [-0.25, -0.2) is 4.98 Å². The predicted molar refractivity (Wildman–Crippen MR) is 130 cm³/mol. The zero-order chi connectivity index (χ0) is 24.4. The van der Waals surface area contributed by atoms with E-state index < -0.39 is 11.7 Å². The lowest BCUT2D eigenvalue weighted by atomic mass is 9.43. The molecule has 4 aliphatic carbocycles. The number of aromatic hydroxyl groups is 1. The highest BCUT2D eigenvalue weighted by molar-refractivity contribution is 5.54. The molecule has 36 heavy (non-hydrogen) atoms. The van der Waals surface area contributed by atoms with Crippen LogP contribution in [0.25, 0.3) is 0 Å². The van der Waals surface area contributed by atoms with Gasteiger partial charge in [0, 0.05) is 36.8 Å². The van der Waals surface area contributed by atoms with Crippen LogP contribution in [0.5, 0.6) is 5.75 Å². The van der Waals surface area contributed by atoms with Crippen LogP contribution in [0, 0.1) is 23.2 Å². The average molecular weight is 496 g/mol. The van der Waals surface area contributed by atoms with Crippen molar-refractivity contribution < 1.29 is 18.3 Å². The standard InChI is InChI=1S/C29H32F3N3O/c30-29(31,32)20-6-9-33-25(12-20)35-16-19-14-27-7-5-23(35)26(19)28(27)8-10-34(15-17-1-2-17)24(27)11-18-3-4-21(36)13-22(18)28/h3-4,6,9,12-13,17,19,23-24,26,36H,1-2,5,7-8,10-11,14-16H2/t19-,23?,24?,26?,27?,28?/m1/s1. The van der Waals surface area contributed by atoms with Crippen LogP contribution in [0.3, 0.4) is 0 Å². The number of phenols is 1. The average Bonchev–Trinajstić information content (AvgIpc) is 3.54. The summed E-state index contributed by atoms with van der Waals surface area (Å²) in [5.74, 6) is 2.52. The van der Waals surface area contributed by atoms with E-state index in [0.717, 1.165) is 57.2 Å². The molecular weight excluding hydrogens is 463 g/mol. The van der Waals surface area contributed by atoms with Crippen LogP contribution in [0.15, 0.2) is 36.5 Å². The van der Waals surface area contributed by atoms with Crippen LogP contribution >= 0.6 is 0 Å². The van der Waals surface area contributed by atoms with Gasteiger partial charge in [-0.2, -0.15) is 13.2 Å². The molecule has 0 radical (unpaired) electrons. The molecule has 5 fully saturated rings. The van der Waals surface area contributed by atoms with Crippen molar-refractivity contribution in [2.45, 2.75) is 68.6 Å². The fourth-order valence-corrected chi connectivity index (χ4v) is 9.96. The molecule has 7 heteroatoms. The maximum Gasteiger partial charge on any atom is 0.416 e. The number of pyridine rings is 1. The lowest BCUT2D eigenvalue weighted by Gasteiger charge is -2.66. The molecule has 1 aromatic heterocycles. The number of anilines is 1. The minimum absolute atomic E-state index is 0.00594. The zero-order valence-electron chi connectivity index (χ0n) is 20.3. The Morgan fingerprint density at radius 2 is 1.94 bits per heavy atom. The molecule has 0 amide bonds. The van der Waals surface area contributed by atoms with Crippen LogP contribution in [0.2, 0.25) is 0 Å². The Kier molecular flexibility index (Phi) is 4.22. The maximum atomic E-state index is 13.5. The van der Waals surface area contributed by atoms with Crippen molar-refractivity contribution in [1.29, 1.82) is 0 Å². The maximum absolute atomic E-state index is 13.5. The van der Waals surface area contributed by atoms with E-state index >= 15 is 0 Å². The Labute approximate surface area is 209 Å². The van der Waals surface area contributed by atoms with Crippen molar-refractivity contribution >= 4 is 5.82 Å². The summed E-state index contributed by atoms with van der Waals surface area (Å²) in [4.78, 5) is 9.48. The van der Waals surface area contributed by atoms with E-state index in [4.69, 9.17) is 0 Å². The van der Waals surface area contributed by atoms with Gasteiger partial charge in [-0.05, 0) is 110 Å². The molecule has 1 N–H and O–H groups in total. The molecule has 0 spiro atoms. The van der Waals surface area contributed by atoms with Gasteiger partial charge in [-0.3, -0.25) is 4.90 Å². The number of halogens is 3. The monoisotopic (exact) mass is 495 g/mol. The number of aromatic nitrogens is 1. The third-order valence-electron chi connectivity index (χ3n) is 11.1. The van der Waals surface area contributed by atoms with E-state index in [1.54, 1.807) is 0 Å². The highest BCUT2D eigenvalue weighted by Gasteiger charge is 2.76. The molecule has 8 rings (SSSR count). The minimum Gasteiger partial charge on any atom is -0.508 e. The van der Waals surface area contributed by atoms with Crippen molar-refractivity contribution in [2.24, 2.45) is 23.2 Å². The third-order valence-corrected chi connectivity index (χ3v) is 11.1. The Balaban J connectivity index is 1.24. The quantitative estimate of drug-likeness (QED) is 0.620. The summed E-state index contributed by atoms with van der Waals surface area (Å²) in [6, 6.07) is 9.10. The molecule has 1 aromatic carbocycles. The topological polar surface area (TPSA) is 39.6 Å². The third kappa shape index (κ3) is 2.68. The number of phenolic OH excluding ortho intramolecular Hbond substituents is 1. The summed E-state index contributed by atoms with van der Waals surface area (Å²) in [6.45, 7) is 3.10. The van der Waals surface area contributed by atoms with Crippen molar-refractivity contribution in [2.75, 3.05) is 24.5 Å². The van der Waals surface area contributed by atoms with Gasteiger partial charge in [0.05, 0.1) is 5.56 Å². The molecule has 2 aromatic rings. The van der Waals surface area contributed by atoms with Gasteiger partial charge in [-0.1, -0.05) is 6.07 Å². The van der Waals surface area contributed by atoms with Crippen LogP contribution < -0.4 is 4.90 Å². The van der Waals surface area contributed by atoms with Gasteiger partial charge in [0.2, 0.25) is 0 Å². The van der Waals surface area contributed by atoms with Crippen molar-refractivity contribution in [3.63, 3.8) is 0 Å². The number of benzene rings is 1. The fraction of sp³-hybridized carbons (Fsp3) is 0.621. The number of likely N-dealkylation sites (tertiary alicyclic amines) is 1. The summed E-state index contributed by atoms with van der Waals surface area (Å²) in [6.07, 6.45) is 5.10. The number of rotatable bonds is 3. The highest BCUT2D eigenvalue weighted by atomic mass is 19.4. The number of hydrogen-bond acceptors (Lipinski definition) is 4. The van der Waals surface area contributed by atoms with Gasteiger partial charge in [0.1, 0.15) is 11.6 Å². The Hall–Kier alpha value is -2.28. The first-order valence-corrected chi connectivity index (χ1v) is 13.7. The molecule has 4 bridgehead atoms. The van der Waals surface area contributed by atoms with Crippen molar-refractivity contribution in [3.8, 4) is 5.75 Å². The van der Waals surface area contributed by atoms with Crippen LogP contribution in [0.4, 0.5) is 19.0 Å². The van der Waals surface area contributed by atoms with Gasteiger partial charge < -0.3 is 10.0 Å². The van der Waals surface area contributed by atoms with Crippen LogP contribution in [0.1, 0.15) is 55.2 Å². The molecule has 5 unspecified atom stereocenters. The lowest BCUT2D eigenvalue weighted by molar-refractivity contribution is -0.137. The summed E-state index contributed by atoms with van der Waals surface area (Å²) in [7, 11) is 0. The Bertz CT molecular complexity index is 1240. The normalized spacial score (nSPS) is 38.7. The molecule has 2 aliphatic heterocycles. The second-order valence-corrected chi connectivity index (χ2v) is 12.5. The summed E-state index contributed by atoms with van der Waals surface area (Å²) in [5, 5.41) is 10.6. The van der Waals surface area contributed by atoms with E-state index in [2.05, 4.69) is 20.9 Å². The largest absolute Gasteiger partial charge is 0.508 e. The molecule has 190 valence electrons. The first kappa shape index (κ1) is 21.8. The first-order chi connectivity index (χ1) is 17.3. The molecule has 6 atom stereocenters. The summed E-state index contributed by atoms with van der Waals surface area (Å²) >= 11 is 0. The predicted octanol–water partition coefficient (Wildman–Crippen LogP) is 5.39. The second kappa shape index (κ2) is 6.97. The van der Waals surface area contributed by atoms with Crippen LogP contribution in [-0.4, -0.2) is 46.7 Å². The number of nitrogens with zero attached hydrogens (tertiary/aromatic N) is 3. The van der Waals surface area contributed by atoms with E-state index in [9.17, 15) is 18.3 Å². The molecule has 3 heterocycles. The summed E-state index contributed by atoms with van der Waals surface area (Å²) in [5.41, 5.74) is 2.31. The molecular formula is C29H32F3N3O. The van der Waals surface area contributed by atoms with Gasteiger partial charge in [-0.15, -0.1) is 0 Å². The zero-order valence-corrected chi connectivity index (χ0v) is 20.3. The van der Waals surface area contributed by atoms with Gasteiger partial charge in [0.25, 0.3) is 0 Å². The van der Waals surface area contributed by atoms with E-state index in [1.807, 2.05) is 12.1 Å². The Morgan fingerprint density at radius 1 is 1.08 bits per heavy atom. The number of fused-ring (bicyclic) bond motifs is 1. The molecule has 2 saturated heterocycles. The molecule has 3 saturated carbocycles. The number of alkyl halides is 3. The minimum atomic E-state index is -4.37. The van der Waals surface area contributed by atoms with E-state index in [0.29, 0.717) is 29.4 Å². The first-order valence-electron chi connectivity index (χ1n) is 13.7. The molecule has 6 aliphatic rings. The smallest absolute Gasteiger partial charge is 0.416 e. The highest BCUT2D eigenvalue weighted by Crippen LogP contribution is 2.75. The van der Waals surface area contributed by atoms with Gasteiger partial charge >= 0.3 is 6.18 Å². The molecule has 4 nitrogen and oxygen atoms in total. The second-order valence-electron chi connectivity index (χ2n) is 12.5. The van der Waals surface area contributed by atoms with Crippen molar-refractivity contribution in [1.82, 2.24) is 9.88 Å². The Morgan fingerprint density at radius 3 is 2.75 bits per heavy atom. The number of piperidine rings is 1. The summed E-state index contributed by atoms with van der Waals surface area (Å²) < 4.78 is 40.6. The van der Waals surface area contributed by atoms with E-state index in [1.165, 1.54) is 42.8 Å².